The molecule has 0 fully saturated rings. The molecule has 0 spiro atoms. The van der Waals surface area contributed by atoms with E-state index in [2.05, 4.69) is 4.98 Å². The van der Waals surface area contributed by atoms with E-state index < -0.39 is 48.6 Å². The molecule has 1 heterocycles. The quantitative estimate of drug-likeness (QED) is 0.826. The van der Waals surface area contributed by atoms with Crippen LogP contribution in [-0.2, 0) is 6.18 Å². The van der Waals surface area contributed by atoms with E-state index in [9.17, 15) is 35.5 Å². The summed E-state index contributed by atoms with van der Waals surface area (Å²) < 4.78 is 89.3. The second-order valence-corrected chi connectivity index (χ2v) is 4.96. The molecule has 3 nitrogen and oxygen atoms in total. The first-order chi connectivity index (χ1) is 11.1. The SMILES string of the molecule is O=c1cc(C(F)(F)F)c2cc(N(CC(F)F)CC(F)F)ccc2[nH]1. The maximum Gasteiger partial charge on any atom is 0.417 e. The van der Waals surface area contributed by atoms with Gasteiger partial charge in [-0.3, -0.25) is 4.79 Å². The van der Waals surface area contributed by atoms with Crippen LogP contribution in [0, 0.1) is 0 Å². The van der Waals surface area contributed by atoms with E-state index in [4.69, 9.17) is 0 Å². The van der Waals surface area contributed by atoms with Gasteiger partial charge in [0.2, 0.25) is 5.56 Å². The summed E-state index contributed by atoms with van der Waals surface area (Å²) in [6.45, 7) is -2.11. The number of aromatic nitrogens is 1. The van der Waals surface area contributed by atoms with E-state index in [1.54, 1.807) is 0 Å². The van der Waals surface area contributed by atoms with Gasteiger partial charge in [-0.15, -0.1) is 0 Å². The Morgan fingerprint density at radius 2 is 1.58 bits per heavy atom. The molecule has 0 aliphatic carbocycles. The van der Waals surface area contributed by atoms with Gasteiger partial charge in [0.1, 0.15) is 0 Å². The van der Waals surface area contributed by atoms with Crippen LogP contribution in [0.15, 0.2) is 29.1 Å². The van der Waals surface area contributed by atoms with Crippen LogP contribution < -0.4 is 10.5 Å². The van der Waals surface area contributed by atoms with E-state index in [0.29, 0.717) is 11.0 Å². The molecule has 0 saturated heterocycles. The minimum Gasteiger partial charge on any atom is -0.360 e. The van der Waals surface area contributed by atoms with Gasteiger partial charge >= 0.3 is 6.18 Å². The zero-order valence-corrected chi connectivity index (χ0v) is 11.9. The normalized spacial score (nSPS) is 12.4. The summed E-state index contributed by atoms with van der Waals surface area (Å²) in [6.07, 6.45) is -10.8. The first-order valence-electron chi connectivity index (χ1n) is 6.63. The summed E-state index contributed by atoms with van der Waals surface area (Å²) in [5, 5.41) is -0.465. The highest BCUT2D eigenvalue weighted by Crippen LogP contribution is 2.35. The smallest absolute Gasteiger partial charge is 0.360 e. The van der Waals surface area contributed by atoms with E-state index >= 15 is 0 Å². The van der Waals surface area contributed by atoms with Crippen LogP contribution in [0.3, 0.4) is 0 Å². The number of halogens is 7. The number of benzene rings is 1. The van der Waals surface area contributed by atoms with Gasteiger partial charge in [0.25, 0.3) is 12.9 Å². The lowest BCUT2D eigenvalue weighted by Gasteiger charge is -2.24. The largest absolute Gasteiger partial charge is 0.417 e. The Labute approximate surface area is 130 Å². The molecule has 10 heteroatoms. The van der Waals surface area contributed by atoms with Crippen molar-refractivity contribution >= 4 is 16.6 Å². The molecule has 0 atom stereocenters. The first kappa shape index (κ1) is 18.1. The summed E-state index contributed by atoms with van der Waals surface area (Å²) in [5.74, 6) is 0. The van der Waals surface area contributed by atoms with Gasteiger partial charge in [-0.05, 0) is 18.2 Å². The van der Waals surface area contributed by atoms with Crippen molar-refractivity contribution in [1.29, 1.82) is 0 Å². The number of fused-ring (bicyclic) bond motifs is 1. The number of hydrogen-bond donors (Lipinski definition) is 1. The lowest BCUT2D eigenvalue weighted by atomic mass is 10.1. The summed E-state index contributed by atoms with van der Waals surface area (Å²) in [4.78, 5) is 14.1. The van der Waals surface area contributed by atoms with Gasteiger partial charge < -0.3 is 9.88 Å². The van der Waals surface area contributed by atoms with Gasteiger partial charge in [-0.25, -0.2) is 17.6 Å². The predicted molar refractivity (Wildman–Crippen MR) is 73.8 cm³/mol. The highest BCUT2D eigenvalue weighted by Gasteiger charge is 2.33. The van der Waals surface area contributed by atoms with Crippen molar-refractivity contribution in [3.05, 3.63) is 40.2 Å². The Morgan fingerprint density at radius 1 is 1.00 bits per heavy atom. The number of rotatable bonds is 5. The van der Waals surface area contributed by atoms with Gasteiger partial charge in [-0.2, -0.15) is 13.2 Å². The molecule has 0 bridgehead atoms. The van der Waals surface area contributed by atoms with E-state index in [-0.39, 0.29) is 11.2 Å². The maximum atomic E-state index is 13.0. The minimum atomic E-state index is -4.86. The second kappa shape index (κ2) is 6.70. The molecule has 0 aliphatic rings. The number of pyridine rings is 1. The molecule has 132 valence electrons. The number of alkyl halides is 7. The van der Waals surface area contributed by atoms with Gasteiger partial charge in [0.15, 0.2) is 0 Å². The van der Waals surface area contributed by atoms with E-state index in [1.165, 1.54) is 0 Å². The summed E-state index contributed by atoms with van der Waals surface area (Å²) >= 11 is 0. The third-order valence-corrected chi connectivity index (χ3v) is 3.21. The molecule has 0 aliphatic heterocycles. The number of nitrogens with zero attached hydrogens (tertiary/aromatic N) is 1. The van der Waals surface area contributed by atoms with Crippen LogP contribution in [0.5, 0.6) is 0 Å². The Balaban J connectivity index is 2.59. The molecular weight excluding hydrogens is 345 g/mol. The molecular formula is C14H11F7N2O. The number of hydrogen-bond acceptors (Lipinski definition) is 2. The molecule has 1 aromatic heterocycles. The molecule has 0 amide bonds. The standard InChI is InChI=1S/C14H11F7N2O/c15-11(16)5-23(6-12(17)18)7-1-2-10-8(3-7)9(14(19,20)21)4-13(24)22-10/h1-4,11-12H,5-6H2,(H,22,24). The molecule has 2 aromatic rings. The van der Waals surface area contributed by atoms with Crippen LogP contribution in [0.2, 0.25) is 0 Å². The predicted octanol–water partition coefficient (Wildman–Crippen LogP) is 3.88. The van der Waals surface area contributed by atoms with Crippen LogP contribution in [0.25, 0.3) is 10.9 Å². The molecule has 1 N–H and O–H groups in total. The third-order valence-electron chi connectivity index (χ3n) is 3.21. The van der Waals surface area contributed by atoms with Crippen molar-refractivity contribution in [2.24, 2.45) is 0 Å². The van der Waals surface area contributed by atoms with Crippen molar-refractivity contribution in [3.63, 3.8) is 0 Å². The fourth-order valence-corrected chi connectivity index (χ4v) is 2.29. The summed E-state index contributed by atoms with van der Waals surface area (Å²) in [7, 11) is 0. The lowest BCUT2D eigenvalue weighted by Crippen LogP contribution is -2.33. The zero-order chi connectivity index (χ0) is 18.1. The Morgan fingerprint density at radius 3 is 2.08 bits per heavy atom. The highest BCUT2D eigenvalue weighted by molar-refractivity contribution is 5.86. The molecule has 1 aromatic carbocycles. The highest BCUT2D eigenvalue weighted by atomic mass is 19.4. The average molecular weight is 356 g/mol. The minimum absolute atomic E-state index is 0.174. The first-order valence-corrected chi connectivity index (χ1v) is 6.63. The van der Waals surface area contributed by atoms with Crippen LogP contribution >= 0.6 is 0 Å². The number of anilines is 1. The third kappa shape index (κ3) is 4.18. The monoisotopic (exact) mass is 356 g/mol. The number of aromatic amines is 1. The molecule has 0 unspecified atom stereocenters. The fraction of sp³-hybridized carbons (Fsp3) is 0.357. The Hall–Kier alpha value is -2.26. The van der Waals surface area contributed by atoms with E-state index in [1.807, 2.05) is 0 Å². The van der Waals surface area contributed by atoms with Gasteiger partial charge in [0.05, 0.1) is 18.7 Å². The lowest BCUT2D eigenvalue weighted by molar-refractivity contribution is -0.136. The average Bonchev–Trinajstić information content (AvgIpc) is 2.43. The van der Waals surface area contributed by atoms with E-state index in [0.717, 1.165) is 18.2 Å². The Bertz CT molecular complexity index is 760. The fourth-order valence-electron chi connectivity index (χ4n) is 2.29. The van der Waals surface area contributed by atoms with Gasteiger partial charge in [0, 0.05) is 22.7 Å². The second-order valence-electron chi connectivity index (χ2n) is 4.96. The van der Waals surface area contributed by atoms with Crippen LogP contribution in [-0.4, -0.2) is 30.9 Å². The van der Waals surface area contributed by atoms with Gasteiger partial charge in [-0.1, -0.05) is 0 Å². The number of H-pyrrole nitrogens is 1. The molecule has 0 saturated carbocycles. The Kier molecular flexibility index (Phi) is 5.05. The van der Waals surface area contributed by atoms with Crippen molar-refractivity contribution in [2.75, 3.05) is 18.0 Å². The maximum absolute atomic E-state index is 13.0. The number of nitrogens with one attached hydrogen (secondary N) is 1. The molecule has 0 radical (unpaired) electrons. The molecule has 24 heavy (non-hydrogen) atoms. The van der Waals surface area contributed by atoms with Crippen molar-refractivity contribution in [3.8, 4) is 0 Å². The van der Waals surface area contributed by atoms with Crippen molar-refractivity contribution in [2.45, 2.75) is 19.0 Å². The molecule has 2 rings (SSSR count). The zero-order valence-electron chi connectivity index (χ0n) is 11.9. The summed E-state index contributed by atoms with van der Waals surface area (Å²) in [6, 6.07) is 3.35. The summed E-state index contributed by atoms with van der Waals surface area (Å²) in [5.41, 5.74) is -2.65. The van der Waals surface area contributed by atoms with Crippen LogP contribution in [0.4, 0.5) is 36.4 Å². The van der Waals surface area contributed by atoms with Crippen LogP contribution in [0.1, 0.15) is 5.56 Å². The topological polar surface area (TPSA) is 36.1 Å². The van der Waals surface area contributed by atoms with Crippen molar-refractivity contribution in [1.82, 2.24) is 4.98 Å². The van der Waals surface area contributed by atoms with Crippen molar-refractivity contribution < 1.29 is 30.7 Å².